The van der Waals surface area contributed by atoms with E-state index in [-0.39, 0.29) is 41.2 Å². The highest BCUT2D eigenvalue weighted by Crippen LogP contribution is 2.26. The molecule has 0 aliphatic rings. The van der Waals surface area contributed by atoms with Crippen LogP contribution in [0.4, 0.5) is 22.7 Å². The molecule has 1 atom stereocenters. The van der Waals surface area contributed by atoms with E-state index in [2.05, 4.69) is 15.5 Å². The van der Waals surface area contributed by atoms with Crippen LogP contribution in [0.2, 0.25) is 0 Å². The lowest BCUT2D eigenvalue weighted by atomic mass is 10.1. The average molecular weight is 415 g/mol. The Balaban J connectivity index is 2.12. The van der Waals surface area contributed by atoms with Crippen LogP contribution in [0.5, 0.6) is 0 Å². The highest BCUT2D eigenvalue weighted by Gasteiger charge is 2.15. The summed E-state index contributed by atoms with van der Waals surface area (Å²) < 4.78 is 0. The van der Waals surface area contributed by atoms with Gasteiger partial charge in [-0.05, 0) is 36.8 Å². The van der Waals surface area contributed by atoms with Crippen LogP contribution in [0.15, 0.2) is 52.7 Å². The number of nitrogens with zero attached hydrogens (tertiary/aromatic N) is 3. The molecule has 0 aliphatic carbocycles. The van der Waals surface area contributed by atoms with E-state index in [0.717, 1.165) is 0 Å². The van der Waals surface area contributed by atoms with Gasteiger partial charge in [-0.3, -0.25) is 19.7 Å². The third-order valence-electron chi connectivity index (χ3n) is 3.84. The Morgan fingerprint density at radius 2 is 1.77 bits per heavy atom. The molecule has 2 aromatic rings. The number of azo groups is 1. The summed E-state index contributed by atoms with van der Waals surface area (Å²) in [7, 11) is 0. The molecule has 0 fully saturated rings. The van der Waals surface area contributed by atoms with Crippen molar-refractivity contribution in [2.24, 2.45) is 16.0 Å². The van der Waals surface area contributed by atoms with Gasteiger partial charge in [0, 0.05) is 24.2 Å². The number of hydrogen-bond donors (Lipinski definition) is 4. The molecule has 12 nitrogen and oxygen atoms in total. The molecule has 0 aromatic heterocycles. The number of carboxylic acids is 2. The molecule has 0 saturated carbocycles. The second-order valence-electron chi connectivity index (χ2n) is 6.04. The predicted molar refractivity (Wildman–Crippen MR) is 104 cm³/mol. The van der Waals surface area contributed by atoms with Crippen molar-refractivity contribution in [3.63, 3.8) is 0 Å². The molecule has 0 saturated heterocycles. The van der Waals surface area contributed by atoms with Crippen LogP contribution < -0.4 is 11.1 Å². The standard InChI is InChI=1S/C18H17N5O7/c19-14(18(27)28)6-8-16(24)20-11-3-7-15(13(9-11)17(25)26)22-21-10-1-4-12(5-2-10)23(29)30/h1-5,7,9,14H,6,8,19H2,(H,20,24)(H,25,26)(H,27,28)/b22-21+. The number of rotatable bonds is 9. The van der Waals surface area contributed by atoms with Crippen molar-refractivity contribution in [1.29, 1.82) is 0 Å². The van der Waals surface area contributed by atoms with Crippen molar-refractivity contribution >= 4 is 40.6 Å². The van der Waals surface area contributed by atoms with Gasteiger partial charge in [0.25, 0.3) is 5.69 Å². The van der Waals surface area contributed by atoms with Crippen molar-refractivity contribution in [2.45, 2.75) is 18.9 Å². The van der Waals surface area contributed by atoms with E-state index in [1.54, 1.807) is 0 Å². The molecule has 30 heavy (non-hydrogen) atoms. The maximum atomic E-state index is 11.9. The van der Waals surface area contributed by atoms with E-state index in [1.165, 1.54) is 42.5 Å². The van der Waals surface area contributed by atoms with Gasteiger partial charge >= 0.3 is 11.9 Å². The van der Waals surface area contributed by atoms with Crippen LogP contribution >= 0.6 is 0 Å². The van der Waals surface area contributed by atoms with Crippen LogP contribution in [-0.4, -0.2) is 39.0 Å². The summed E-state index contributed by atoms with van der Waals surface area (Å²) in [5.74, 6) is -3.06. The Bertz CT molecular complexity index is 1000. The highest BCUT2D eigenvalue weighted by molar-refractivity contribution is 5.97. The third-order valence-corrected chi connectivity index (χ3v) is 3.84. The van der Waals surface area contributed by atoms with Gasteiger partial charge in [0.05, 0.1) is 16.2 Å². The summed E-state index contributed by atoms with van der Waals surface area (Å²) in [5.41, 5.74) is 5.44. The van der Waals surface area contributed by atoms with Gasteiger partial charge in [-0.25, -0.2) is 4.79 Å². The smallest absolute Gasteiger partial charge is 0.338 e. The van der Waals surface area contributed by atoms with Crippen molar-refractivity contribution in [1.82, 2.24) is 0 Å². The number of non-ortho nitro benzene ring substituents is 1. The van der Waals surface area contributed by atoms with Crippen molar-refractivity contribution < 1.29 is 29.5 Å². The molecular weight excluding hydrogens is 398 g/mol. The van der Waals surface area contributed by atoms with Crippen LogP contribution in [-0.2, 0) is 9.59 Å². The number of nitrogens with one attached hydrogen (secondary N) is 1. The molecule has 0 spiro atoms. The number of carboxylic acid groups (broad SMARTS) is 2. The topological polar surface area (TPSA) is 198 Å². The van der Waals surface area contributed by atoms with E-state index in [4.69, 9.17) is 10.8 Å². The number of amides is 1. The lowest BCUT2D eigenvalue weighted by molar-refractivity contribution is -0.384. The molecule has 0 radical (unpaired) electrons. The zero-order chi connectivity index (χ0) is 22.3. The van der Waals surface area contributed by atoms with E-state index >= 15 is 0 Å². The molecule has 5 N–H and O–H groups in total. The van der Waals surface area contributed by atoms with Gasteiger partial charge < -0.3 is 21.3 Å². The summed E-state index contributed by atoms with van der Waals surface area (Å²) in [4.78, 5) is 44.2. The SMILES string of the molecule is NC(CCC(=O)Nc1ccc(/N=N/c2ccc([N+](=O)[O-])cc2)c(C(=O)O)c1)C(=O)O. The fraction of sp³-hybridized carbons (Fsp3) is 0.167. The van der Waals surface area contributed by atoms with Crippen molar-refractivity contribution in [3.8, 4) is 0 Å². The van der Waals surface area contributed by atoms with Gasteiger partial charge in [0.2, 0.25) is 5.91 Å². The molecule has 2 aromatic carbocycles. The number of aromatic carboxylic acids is 1. The van der Waals surface area contributed by atoms with Gasteiger partial charge in [-0.15, -0.1) is 5.11 Å². The maximum absolute atomic E-state index is 11.9. The van der Waals surface area contributed by atoms with Crippen LogP contribution in [0.3, 0.4) is 0 Å². The Kier molecular flexibility index (Phi) is 7.25. The number of nitro benzene ring substituents is 1. The third kappa shape index (κ3) is 6.17. The van der Waals surface area contributed by atoms with Crippen molar-refractivity contribution in [3.05, 3.63) is 58.1 Å². The second kappa shape index (κ2) is 9.84. The summed E-state index contributed by atoms with van der Waals surface area (Å²) in [6.07, 6.45) is -0.230. The van der Waals surface area contributed by atoms with E-state index < -0.39 is 28.8 Å². The molecule has 0 aliphatic heterocycles. The lowest BCUT2D eigenvalue weighted by Gasteiger charge is -2.09. The van der Waals surface area contributed by atoms with Crippen LogP contribution in [0, 0.1) is 10.1 Å². The largest absolute Gasteiger partial charge is 0.480 e. The molecular formula is C18H17N5O7. The van der Waals surface area contributed by atoms with E-state index in [1.807, 2.05) is 0 Å². The number of carbonyl (C=O) groups excluding carboxylic acids is 1. The summed E-state index contributed by atoms with van der Waals surface area (Å²) in [6, 6.07) is 7.94. The number of carbonyl (C=O) groups is 3. The highest BCUT2D eigenvalue weighted by atomic mass is 16.6. The minimum absolute atomic E-state index is 0.00625. The molecule has 0 bridgehead atoms. The van der Waals surface area contributed by atoms with Gasteiger partial charge in [0.1, 0.15) is 11.7 Å². The number of anilines is 1. The van der Waals surface area contributed by atoms with Crippen LogP contribution in [0.1, 0.15) is 23.2 Å². The fourth-order valence-electron chi connectivity index (χ4n) is 2.26. The van der Waals surface area contributed by atoms with Crippen molar-refractivity contribution in [2.75, 3.05) is 5.32 Å². The minimum atomic E-state index is -1.31. The molecule has 1 unspecified atom stereocenters. The number of hydrogen-bond acceptors (Lipinski definition) is 8. The summed E-state index contributed by atoms with van der Waals surface area (Å²) in [5, 5.41) is 38.9. The molecule has 2 rings (SSSR count). The van der Waals surface area contributed by atoms with Gasteiger partial charge in [-0.2, -0.15) is 5.11 Å². The fourth-order valence-corrected chi connectivity index (χ4v) is 2.26. The normalized spacial score (nSPS) is 11.8. The average Bonchev–Trinajstić information content (AvgIpc) is 2.71. The first-order chi connectivity index (χ1) is 14.2. The summed E-state index contributed by atoms with van der Waals surface area (Å²) >= 11 is 0. The Morgan fingerprint density at radius 1 is 1.10 bits per heavy atom. The zero-order valence-corrected chi connectivity index (χ0v) is 15.4. The molecule has 12 heteroatoms. The lowest BCUT2D eigenvalue weighted by Crippen LogP contribution is -2.31. The predicted octanol–water partition coefficient (Wildman–Crippen LogP) is 2.84. The Labute approximate surface area is 169 Å². The maximum Gasteiger partial charge on any atom is 0.338 e. The molecule has 0 heterocycles. The monoisotopic (exact) mass is 415 g/mol. The Morgan fingerprint density at radius 3 is 2.33 bits per heavy atom. The molecule has 1 amide bonds. The zero-order valence-electron chi connectivity index (χ0n) is 15.4. The number of aliphatic carboxylic acids is 1. The van der Waals surface area contributed by atoms with Gasteiger partial charge in [-0.1, -0.05) is 0 Å². The Hall–Kier alpha value is -4.19. The first kappa shape index (κ1) is 22.1. The van der Waals surface area contributed by atoms with Gasteiger partial charge in [0.15, 0.2) is 0 Å². The minimum Gasteiger partial charge on any atom is -0.480 e. The van der Waals surface area contributed by atoms with Crippen LogP contribution in [0.25, 0.3) is 0 Å². The quantitative estimate of drug-likeness (QED) is 0.272. The summed E-state index contributed by atoms with van der Waals surface area (Å²) in [6.45, 7) is 0. The number of nitro groups is 1. The van der Waals surface area contributed by atoms with E-state index in [0.29, 0.717) is 0 Å². The van der Waals surface area contributed by atoms with E-state index in [9.17, 15) is 29.6 Å². The second-order valence-corrected chi connectivity index (χ2v) is 6.04. The first-order valence-corrected chi connectivity index (χ1v) is 8.49. The number of nitrogens with two attached hydrogens (primary N) is 1. The number of benzene rings is 2. The first-order valence-electron chi connectivity index (χ1n) is 8.49. The molecule has 156 valence electrons.